The van der Waals surface area contributed by atoms with Crippen molar-refractivity contribution < 1.29 is 23.8 Å². The number of amides is 1. The second-order valence-electron chi connectivity index (χ2n) is 8.07. The van der Waals surface area contributed by atoms with Gasteiger partial charge in [0.25, 0.3) is 11.7 Å². The van der Waals surface area contributed by atoms with Crippen molar-refractivity contribution in [2.75, 3.05) is 11.5 Å². The molecule has 0 bridgehead atoms. The van der Waals surface area contributed by atoms with Gasteiger partial charge in [-0.05, 0) is 61.0 Å². The topological polar surface area (TPSA) is 80.0 Å². The Balaban J connectivity index is 1.71. The van der Waals surface area contributed by atoms with Crippen LogP contribution in [-0.2, 0) is 9.59 Å². The van der Waals surface area contributed by atoms with E-state index in [0.29, 0.717) is 35.1 Å². The number of Topliss-reactive ketones (excluding diaryl/α,β-unsaturated/α-hetero) is 1. The first kappa shape index (κ1) is 21.5. The average molecular weight is 453 g/mol. The lowest BCUT2D eigenvalue weighted by Crippen LogP contribution is -2.29. The molecular weight excluding hydrogens is 430 g/mol. The predicted molar refractivity (Wildman–Crippen MR) is 130 cm³/mol. The fourth-order valence-electron chi connectivity index (χ4n) is 4.41. The van der Waals surface area contributed by atoms with E-state index in [4.69, 9.17) is 9.15 Å². The van der Waals surface area contributed by atoms with Crippen LogP contribution in [-0.4, -0.2) is 23.4 Å². The third kappa shape index (κ3) is 3.53. The molecule has 0 spiro atoms. The van der Waals surface area contributed by atoms with E-state index < -0.39 is 17.7 Å². The molecule has 0 aliphatic carbocycles. The number of hydrogen-bond donors (Lipinski definition) is 1. The van der Waals surface area contributed by atoms with Crippen molar-refractivity contribution in [3.8, 4) is 5.75 Å². The second kappa shape index (κ2) is 8.56. The van der Waals surface area contributed by atoms with Crippen LogP contribution in [0.15, 0.2) is 88.9 Å². The molecule has 1 aliphatic rings. The van der Waals surface area contributed by atoms with Gasteiger partial charge in [-0.3, -0.25) is 14.5 Å². The van der Waals surface area contributed by atoms with Crippen molar-refractivity contribution in [2.24, 2.45) is 0 Å². The van der Waals surface area contributed by atoms with Crippen LogP contribution in [0.2, 0.25) is 0 Å². The van der Waals surface area contributed by atoms with Crippen LogP contribution in [0.25, 0.3) is 16.5 Å². The first-order valence-corrected chi connectivity index (χ1v) is 11.1. The zero-order valence-corrected chi connectivity index (χ0v) is 18.8. The minimum absolute atomic E-state index is 0.00964. The van der Waals surface area contributed by atoms with Crippen LogP contribution >= 0.6 is 0 Å². The lowest BCUT2D eigenvalue weighted by atomic mass is 9.96. The number of carbonyl (C=O) groups excluding carboxylic acids is 2. The summed E-state index contributed by atoms with van der Waals surface area (Å²) in [6, 6.07) is 22.6. The van der Waals surface area contributed by atoms with Gasteiger partial charge in [0, 0.05) is 11.3 Å². The molecule has 6 nitrogen and oxygen atoms in total. The Morgan fingerprint density at radius 3 is 2.41 bits per heavy atom. The Kier molecular flexibility index (Phi) is 5.42. The predicted octanol–water partition coefficient (Wildman–Crippen LogP) is 5.77. The Bertz CT molecular complexity index is 1430. The minimum atomic E-state index is -0.911. The normalized spacial score (nSPS) is 17.5. The number of aryl methyl sites for hydroxylation is 1. The summed E-state index contributed by atoms with van der Waals surface area (Å²) in [6.45, 7) is 4.19. The van der Waals surface area contributed by atoms with E-state index in [9.17, 15) is 14.7 Å². The third-order valence-corrected chi connectivity index (χ3v) is 5.95. The van der Waals surface area contributed by atoms with E-state index in [-0.39, 0.29) is 11.3 Å². The molecule has 34 heavy (non-hydrogen) atoms. The number of aliphatic hydroxyl groups excluding tert-OH is 1. The molecule has 1 atom stereocenters. The number of ketones is 1. The smallest absolute Gasteiger partial charge is 0.300 e. The molecule has 0 radical (unpaired) electrons. The van der Waals surface area contributed by atoms with Gasteiger partial charge in [-0.25, -0.2) is 0 Å². The van der Waals surface area contributed by atoms with Crippen LogP contribution in [0.5, 0.6) is 5.75 Å². The highest BCUT2D eigenvalue weighted by atomic mass is 16.5. The highest BCUT2D eigenvalue weighted by Gasteiger charge is 2.48. The molecule has 1 saturated heterocycles. The summed E-state index contributed by atoms with van der Waals surface area (Å²) in [5, 5.41) is 13.1. The van der Waals surface area contributed by atoms with Crippen LogP contribution in [0.4, 0.5) is 5.69 Å². The summed E-state index contributed by atoms with van der Waals surface area (Å²) in [4.78, 5) is 28.0. The van der Waals surface area contributed by atoms with Gasteiger partial charge in [-0.15, -0.1) is 0 Å². The van der Waals surface area contributed by atoms with Crippen molar-refractivity contribution in [1.29, 1.82) is 0 Å². The number of nitrogens with zero attached hydrogens (tertiary/aromatic N) is 1. The quantitative estimate of drug-likeness (QED) is 0.236. The first-order valence-electron chi connectivity index (χ1n) is 11.1. The summed E-state index contributed by atoms with van der Waals surface area (Å²) >= 11 is 0. The lowest BCUT2D eigenvalue weighted by molar-refractivity contribution is -0.132. The van der Waals surface area contributed by atoms with Crippen LogP contribution in [0.3, 0.4) is 0 Å². The van der Waals surface area contributed by atoms with Crippen molar-refractivity contribution in [3.63, 3.8) is 0 Å². The van der Waals surface area contributed by atoms with Crippen LogP contribution in [0.1, 0.15) is 30.0 Å². The molecular formula is C28H23NO5. The molecule has 4 aromatic rings. The number of carbonyl (C=O) groups is 2. The van der Waals surface area contributed by atoms with Crippen molar-refractivity contribution in [3.05, 3.63) is 102 Å². The number of aliphatic hydroxyl groups is 1. The Morgan fingerprint density at radius 1 is 0.971 bits per heavy atom. The van der Waals surface area contributed by atoms with Crippen LogP contribution < -0.4 is 9.64 Å². The van der Waals surface area contributed by atoms with E-state index >= 15 is 0 Å². The van der Waals surface area contributed by atoms with E-state index in [1.165, 1.54) is 4.90 Å². The zero-order valence-electron chi connectivity index (χ0n) is 18.8. The van der Waals surface area contributed by atoms with Crippen molar-refractivity contribution >= 4 is 33.9 Å². The summed E-state index contributed by atoms with van der Waals surface area (Å²) in [5.41, 5.74) is 0.974. The number of hydrogen-bond acceptors (Lipinski definition) is 5. The van der Waals surface area contributed by atoms with Gasteiger partial charge in [0.15, 0.2) is 0 Å². The third-order valence-electron chi connectivity index (χ3n) is 5.95. The maximum absolute atomic E-state index is 13.3. The molecule has 1 aliphatic heterocycles. The number of anilines is 1. The maximum atomic E-state index is 13.3. The average Bonchev–Trinajstić information content (AvgIpc) is 3.39. The SMILES string of the molecule is CCOc1ccc(N2C(=O)C(=O)/C(=C(\O)c3cccc4ccccc34)C2c2ccc(C)o2)cc1. The molecule has 170 valence electrons. The molecule has 1 aromatic heterocycles. The first-order chi connectivity index (χ1) is 16.5. The molecule has 0 saturated carbocycles. The highest BCUT2D eigenvalue weighted by Crippen LogP contribution is 2.43. The molecule has 1 fully saturated rings. The van der Waals surface area contributed by atoms with Gasteiger partial charge in [-0.1, -0.05) is 42.5 Å². The van der Waals surface area contributed by atoms with Crippen LogP contribution in [0, 0.1) is 6.92 Å². The molecule has 1 unspecified atom stereocenters. The summed E-state index contributed by atoms with van der Waals surface area (Å²) < 4.78 is 11.4. The standard InChI is InChI=1S/C28H23NO5/c1-3-33-20-14-12-19(13-15-20)29-25(23-16-11-17(2)34-23)24(27(31)28(29)32)26(30)22-10-6-8-18-7-4-5-9-21(18)22/h4-16,25,30H,3H2,1-2H3/b26-24-. The van der Waals surface area contributed by atoms with Crippen molar-refractivity contribution in [1.82, 2.24) is 0 Å². The largest absolute Gasteiger partial charge is 0.507 e. The van der Waals surface area contributed by atoms with E-state index in [1.54, 1.807) is 49.4 Å². The minimum Gasteiger partial charge on any atom is -0.507 e. The second-order valence-corrected chi connectivity index (χ2v) is 8.07. The Hall–Kier alpha value is -4.32. The molecule has 1 N–H and O–H groups in total. The lowest BCUT2D eigenvalue weighted by Gasteiger charge is -2.23. The van der Waals surface area contributed by atoms with Gasteiger partial charge in [0.2, 0.25) is 0 Å². The molecule has 5 rings (SSSR count). The zero-order chi connectivity index (χ0) is 23.8. The van der Waals surface area contributed by atoms with Gasteiger partial charge < -0.3 is 14.3 Å². The highest BCUT2D eigenvalue weighted by molar-refractivity contribution is 6.51. The van der Waals surface area contributed by atoms with E-state index in [0.717, 1.165) is 10.8 Å². The van der Waals surface area contributed by atoms with E-state index in [1.807, 2.05) is 43.3 Å². The number of ether oxygens (including phenoxy) is 1. The fraction of sp³-hybridized carbons (Fsp3) is 0.143. The molecule has 6 heteroatoms. The van der Waals surface area contributed by atoms with Gasteiger partial charge in [-0.2, -0.15) is 0 Å². The molecule has 2 heterocycles. The monoisotopic (exact) mass is 453 g/mol. The van der Waals surface area contributed by atoms with Gasteiger partial charge in [0.05, 0.1) is 12.2 Å². The number of rotatable bonds is 5. The Morgan fingerprint density at radius 2 is 1.71 bits per heavy atom. The van der Waals surface area contributed by atoms with Gasteiger partial charge in [0.1, 0.15) is 29.1 Å². The Labute approximate surface area is 196 Å². The fourth-order valence-corrected chi connectivity index (χ4v) is 4.41. The van der Waals surface area contributed by atoms with E-state index in [2.05, 4.69) is 0 Å². The summed E-state index contributed by atoms with van der Waals surface area (Å²) in [7, 11) is 0. The number of fused-ring (bicyclic) bond motifs is 1. The molecule has 3 aromatic carbocycles. The molecule has 1 amide bonds. The summed E-state index contributed by atoms with van der Waals surface area (Å²) in [6.07, 6.45) is 0. The number of benzene rings is 3. The maximum Gasteiger partial charge on any atom is 0.300 e. The number of furan rings is 1. The van der Waals surface area contributed by atoms with Gasteiger partial charge >= 0.3 is 0 Å². The van der Waals surface area contributed by atoms with Crippen molar-refractivity contribution in [2.45, 2.75) is 19.9 Å². The summed E-state index contributed by atoms with van der Waals surface area (Å²) in [5.74, 6) is -0.0418.